The lowest BCUT2D eigenvalue weighted by Crippen LogP contribution is -2.51. The number of hydrogen-bond acceptors (Lipinski definition) is 9. The van der Waals surface area contributed by atoms with Crippen molar-refractivity contribution < 1.29 is 14.3 Å². The molecule has 2 aromatic heterocycles. The second kappa shape index (κ2) is 12.9. The largest absolute Gasteiger partial charge is 0.455 e. The number of ether oxygens (including phenoxy) is 1. The highest BCUT2D eigenvalue weighted by Crippen LogP contribution is 2.39. The Bertz CT molecular complexity index is 1650. The molecule has 44 heavy (non-hydrogen) atoms. The van der Waals surface area contributed by atoms with Crippen LogP contribution in [0.2, 0.25) is 0 Å². The predicted molar refractivity (Wildman–Crippen MR) is 171 cm³/mol. The Morgan fingerprint density at radius 2 is 1.75 bits per heavy atom. The number of carbonyl (C=O) groups excluding carboxylic acids is 2. The van der Waals surface area contributed by atoms with Crippen molar-refractivity contribution >= 4 is 34.2 Å². The Morgan fingerprint density at radius 1 is 1.02 bits per heavy atom. The summed E-state index contributed by atoms with van der Waals surface area (Å²) < 4.78 is 8.11. The number of aromatic nitrogens is 4. The molecule has 0 radical (unpaired) electrons. The number of carbonyl (C=O) groups is 2. The molecule has 2 aliphatic rings. The number of nitrogen functional groups attached to an aromatic ring is 1. The van der Waals surface area contributed by atoms with Crippen LogP contribution in [0.3, 0.4) is 0 Å². The van der Waals surface area contributed by atoms with Crippen molar-refractivity contribution in [3.8, 4) is 22.8 Å². The van der Waals surface area contributed by atoms with E-state index in [1.165, 1.54) is 12.4 Å². The van der Waals surface area contributed by atoms with E-state index >= 15 is 0 Å². The van der Waals surface area contributed by atoms with Crippen molar-refractivity contribution in [2.24, 2.45) is 0 Å². The molecule has 2 fully saturated rings. The van der Waals surface area contributed by atoms with Crippen molar-refractivity contribution in [3.05, 3.63) is 67.5 Å². The molecule has 1 aliphatic carbocycles. The molecule has 0 unspecified atom stereocenters. The number of nitrogens with zero attached hydrogens (tertiary/aromatic N) is 6. The van der Waals surface area contributed by atoms with Gasteiger partial charge in [0.25, 0.3) is 0 Å². The molecule has 2 aromatic carbocycles. The second-order valence-electron chi connectivity index (χ2n) is 11.5. The first-order valence-electron chi connectivity index (χ1n) is 15.1. The first-order valence-corrected chi connectivity index (χ1v) is 15.1. The van der Waals surface area contributed by atoms with E-state index in [1.54, 1.807) is 6.92 Å². The lowest BCUT2D eigenvalue weighted by Gasteiger charge is -2.41. The fraction of sp³-hybridized carbons (Fsp3) is 0.364. The van der Waals surface area contributed by atoms with Gasteiger partial charge in [0.1, 0.15) is 29.4 Å². The van der Waals surface area contributed by atoms with E-state index in [4.69, 9.17) is 15.6 Å². The van der Waals surface area contributed by atoms with Crippen LogP contribution in [0.25, 0.3) is 22.3 Å². The Morgan fingerprint density at radius 3 is 2.45 bits per heavy atom. The molecular weight excluding hydrogens is 556 g/mol. The molecule has 4 aromatic rings. The zero-order valence-electron chi connectivity index (χ0n) is 25.0. The summed E-state index contributed by atoms with van der Waals surface area (Å²) in [6.45, 7) is 9.66. The molecule has 11 nitrogen and oxygen atoms in total. The molecule has 6 rings (SSSR count). The van der Waals surface area contributed by atoms with E-state index in [0.29, 0.717) is 52.3 Å². The maximum atomic E-state index is 12.3. The Kier molecular flexibility index (Phi) is 8.67. The normalized spacial score (nSPS) is 19.5. The number of para-hydroxylation sites is 1. The summed E-state index contributed by atoms with van der Waals surface area (Å²) in [4.78, 5) is 37.6. The highest BCUT2D eigenvalue weighted by atomic mass is 16.5. The minimum Gasteiger partial charge on any atom is -0.455 e. The number of piperazine rings is 1. The zero-order valence-corrected chi connectivity index (χ0v) is 25.0. The van der Waals surface area contributed by atoms with E-state index in [0.717, 1.165) is 57.4 Å². The number of fused-ring (bicyclic) bond motifs is 1. The molecule has 228 valence electrons. The van der Waals surface area contributed by atoms with Crippen LogP contribution >= 0.6 is 0 Å². The lowest BCUT2D eigenvalue weighted by atomic mass is 9.90. The molecule has 11 heteroatoms. The van der Waals surface area contributed by atoms with Crippen LogP contribution in [0.1, 0.15) is 38.6 Å². The predicted octanol–water partition coefficient (Wildman–Crippen LogP) is 4.68. The summed E-state index contributed by atoms with van der Waals surface area (Å²) in [5.74, 6) is 1.37. The third-order valence-corrected chi connectivity index (χ3v) is 8.57. The van der Waals surface area contributed by atoms with Crippen molar-refractivity contribution in [3.63, 3.8) is 0 Å². The number of hydrogen-bond donors (Lipinski definition) is 2. The van der Waals surface area contributed by atoms with Gasteiger partial charge in [-0.3, -0.25) is 19.4 Å². The number of rotatable bonds is 9. The Labute approximate surface area is 256 Å². The van der Waals surface area contributed by atoms with E-state index in [-0.39, 0.29) is 17.7 Å². The highest BCUT2D eigenvalue weighted by molar-refractivity contribution is 6.02. The molecule has 1 amide bonds. The van der Waals surface area contributed by atoms with Gasteiger partial charge >= 0.3 is 0 Å². The van der Waals surface area contributed by atoms with Crippen LogP contribution in [0.4, 0.5) is 11.5 Å². The van der Waals surface area contributed by atoms with Gasteiger partial charge in [-0.25, -0.2) is 14.6 Å². The van der Waals surface area contributed by atoms with Gasteiger partial charge in [0.15, 0.2) is 11.4 Å². The summed E-state index contributed by atoms with van der Waals surface area (Å²) >= 11 is 0. The van der Waals surface area contributed by atoms with Crippen molar-refractivity contribution in [1.29, 1.82) is 0 Å². The van der Waals surface area contributed by atoms with E-state index < -0.39 is 0 Å². The average molecular weight is 595 g/mol. The van der Waals surface area contributed by atoms with Gasteiger partial charge in [-0.05, 0) is 69.0 Å². The van der Waals surface area contributed by atoms with E-state index in [9.17, 15) is 9.59 Å². The third-order valence-electron chi connectivity index (χ3n) is 8.57. The second-order valence-corrected chi connectivity index (χ2v) is 11.5. The fourth-order valence-corrected chi connectivity index (χ4v) is 6.38. The van der Waals surface area contributed by atoms with Crippen molar-refractivity contribution in [2.45, 2.75) is 44.7 Å². The first-order chi connectivity index (χ1) is 21.4. The Hall–Kier alpha value is -4.61. The van der Waals surface area contributed by atoms with Crippen LogP contribution in [-0.2, 0) is 9.59 Å². The number of amides is 1. The maximum absolute atomic E-state index is 12.3. The summed E-state index contributed by atoms with van der Waals surface area (Å²) in [5, 5.41) is 8.64. The van der Waals surface area contributed by atoms with Gasteiger partial charge in [-0.15, -0.1) is 0 Å². The maximum Gasteiger partial charge on any atom is 0.247 e. The van der Waals surface area contributed by atoms with Crippen LogP contribution in [0.15, 0.2) is 67.5 Å². The van der Waals surface area contributed by atoms with Crippen molar-refractivity contribution in [2.75, 3.05) is 43.8 Å². The van der Waals surface area contributed by atoms with Crippen LogP contribution in [0.5, 0.6) is 11.5 Å². The monoisotopic (exact) mass is 594 g/mol. The molecule has 3 heterocycles. The van der Waals surface area contributed by atoms with Gasteiger partial charge in [0.05, 0.1) is 23.7 Å². The van der Waals surface area contributed by atoms with Gasteiger partial charge < -0.3 is 15.8 Å². The Balaban J connectivity index is 1.25. The number of nitrogens with two attached hydrogens (primary N) is 1. The van der Waals surface area contributed by atoms with E-state index in [2.05, 4.69) is 31.7 Å². The van der Waals surface area contributed by atoms with Gasteiger partial charge in [-0.1, -0.05) is 24.8 Å². The molecule has 3 N–H and O–H groups in total. The van der Waals surface area contributed by atoms with Crippen LogP contribution in [-0.4, -0.2) is 80.0 Å². The molecule has 1 saturated heterocycles. The third kappa shape index (κ3) is 6.34. The number of nitrogens with one attached hydrogen (secondary N) is 1. The lowest BCUT2D eigenvalue weighted by molar-refractivity contribution is -0.118. The summed E-state index contributed by atoms with van der Waals surface area (Å²) in [7, 11) is 0. The zero-order chi connectivity index (χ0) is 30.6. The van der Waals surface area contributed by atoms with Gasteiger partial charge in [0.2, 0.25) is 5.91 Å². The molecule has 0 bridgehead atoms. The minimum atomic E-state index is -0.352. The summed E-state index contributed by atoms with van der Waals surface area (Å²) in [6, 6.07) is 15.6. The smallest absolute Gasteiger partial charge is 0.247 e. The van der Waals surface area contributed by atoms with Gasteiger partial charge in [-0.2, -0.15) is 5.10 Å². The quantitative estimate of drug-likeness (QED) is 0.265. The van der Waals surface area contributed by atoms with Gasteiger partial charge in [0, 0.05) is 37.8 Å². The molecule has 0 atom stereocenters. The van der Waals surface area contributed by atoms with Crippen LogP contribution in [0, 0.1) is 0 Å². The molecular formula is C33H38N8O3. The number of anilines is 2. The summed E-state index contributed by atoms with van der Waals surface area (Å²) in [5.41, 5.74) is 9.03. The first kappa shape index (κ1) is 29.5. The summed E-state index contributed by atoms with van der Waals surface area (Å²) in [6.07, 6.45) is 6.79. The molecule has 1 aliphatic heterocycles. The van der Waals surface area contributed by atoms with E-state index in [1.807, 2.05) is 53.2 Å². The SMILES string of the molecule is C=CC(=O)Nc1cc(-c2nn(C3CCC(N4CCN(CC(C)=O)CC4)CC3)c3ncnc(N)c23)ccc1Oc1ccccc1. The average Bonchev–Trinajstić information content (AvgIpc) is 3.43. The molecule has 0 spiro atoms. The van der Waals surface area contributed by atoms with Crippen molar-refractivity contribution in [1.82, 2.24) is 29.5 Å². The fourth-order valence-electron chi connectivity index (χ4n) is 6.38. The van der Waals surface area contributed by atoms with Crippen LogP contribution < -0.4 is 15.8 Å². The topological polar surface area (TPSA) is 132 Å². The highest BCUT2D eigenvalue weighted by Gasteiger charge is 2.31. The number of benzene rings is 2. The minimum absolute atomic E-state index is 0.177. The number of ketones is 1. The standard InChI is InChI=1S/C33H38N8O3/c1-3-29(43)37-27-19-23(9-14-28(27)44-26-7-5-4-6-8-26)31-30-32(34)35-21-36-33(30)41(38-31)25-12-10-24(11-13-25)40-17-15-39(16-18-40)20-22(2)42/h3-9,14,19,21,24-25H,1,10-13,15-18,20H2,2H3,(H,37,43)(H2,34,35,36). The molecule has 1 saturated carbocycles. The number of Topliss-reactive ketones (excluding diaryl/α,β-unsaturated/α-hetero) is 1.